The monoisotopic (exact) mass is 239 g/mol. The number of carbonyl (C=O) groups is 1. The first kappa shape index (κ1) is 12.6. The number of benzene rings is 1. The van der Waals surface area contributed by atoms with Gasteiger partial charge in [-0.3, -0.25) is 0 Å². The van der Waals surface area contributed by atoms with Gasteiger partial charge >= 0.3 is 5.97 Å². The van der Waals surface area contributed by atoms with E-state index < -0.39 is 5.97 Å². The van der Waals surface area contributed by atoms with Crippen molar-refractivity contribution in [3.05, 3.63) is 46.1 Å². The van der Waals surface area contributed by atoms with E-state index in [1.165, 1.54) is 0 Å². The number of aliphatic carboxylic acids is 1. The van der Waals surface area contributed by atoms with Gasteiger partial charge in [0, 0.05) is 17.3 Å². The van der Waals surface area contributed by atoms with Crippen LogP contribution in [0.2, 0.25) is 5.02 Å². The van der Waals surface area contributed by atoms with E-state index in [0.717, 1.165) is 5.56 Å². The molecule has 0 aliphatic heterocycles. The molecule has 16 heavy (non-hydrogen) atoms. The Bertz CT molecular complexity index is 410. The van der Waals surface area contributed by atoms with Gasteiger partial charge in [-0.05, 0) is 31.5 Å². The summed E-state index contributed by atoms with van der Waals surface area (Å²) in [7, 11) is 0. The molecule has 0 fully saturated rings. The van der Waals surface area contributed by atoms with Crippen molar-refractivity contribution in [3.63, 3.8) is 0 Å². The number of halogens is 1. The number of hydrogen-bond donors (Lipinski definition) is 2. The third kappa shape index (κ3) is 3.59. The maximum atomic E-state index is 10.7. The summed E-state index contributed by atoms with van der Waals surface area (Å²) in [4.78, 5) is 10.7. The maximum Gasteiger partial charge on any atom is 0.333 e. The van der Waals surface area contributed by atoms with Crippen LogP contribution in [0.15, 0.2) is 35.5 Å². The van der Waals surface area contributed by atoms with Gasteiger partial charge in [0.25, 0.3) is 0 Å². The first-order chi connectivity index (χ1) is 7.50. The number of rotatable bonds is 4. The molecule has 0 aliphatic rings. The molecule has 1 aromatic rings. The summed E-state index contributed by atoms with van der Waals surface area (Å²) in [5.74, 6) is -0.902. The van der Waals surface area contributed by atoms with Gasteiger partial charge in [0.1, 0.15) is 0 Å². The lowest BCUT2D eigenvalue weighted by Crippen LogP contribution is -2.14. The molecule has 1 aromatic carbocycles. The van der Waals surface area contributed by atoms with Crippen molar-refractivity contribution in [2.45, 2.75) is 20.4 Å². The molecule has 0 radical (unpaired) electrons. The predicted octanol–water partition coefficient (Wildman–Crippen LogP) is 2.81. The first-order valence-electron chi connectivity index (χ1n) is 4.90. The molecule has 0 aromatic heterocycles. The highest BCUT2D eigenvalue weighted by molar-refractivity contribution is 6.30. The molecule has 0 bridgehead atoms. The Balaban J connectivity index is 2.61. The van der Waals surface area contributed by atoms with Crippen LogP contribution in [0.1, 0.15) is 19.4 Å². The highest BCUT2D eigenvalue weighted by Gasteiger charge is 2.04. The Labute approximate surface area is 99.7 Å². The molecule has 0 atom stereocenters. The minimum atomic E-state index is -0.902. The average Bonchev–Trinajstić information content (AvgIpc) is 2.26. The first-order valence-corrected chi connectivity index (χ1v) is 5.27. The van der Waals surface area contributed by atoms with Gasteiger partial charge in [0.15, 0.2) is 0 Å². The van der Waals surface area contributed by atoms with Crippen molar-refractivity contribution < 1.29 is 9.90 Å². The molecule has 0 amide bonds. The fraction of sp³-hybridized carbons (Fsp3) is 0.250. The van der Waals surface area contributed by atoms with E-state index in [2.05, 4.69) is 5.32 Å². The van der Waals surface area contributed by atoms with E-state index in [4.69, 9.17) is 16.7 Å². The fourth-order valence-electron chi connectivity index (χ4n) is 1.13. The number of carboxylic acid groups (broad SMARTS) is 1. The van der Waals surface area contributed by atoms with E-state index in [-0.39, 0.29) is 0 Å². The Morgan fingerprint density at radius 1 is 1.31 bits per heavy atom. The largest absolute Gasteiger partial charge is 0.478 e. The zero-order valence-electron chi connectivity index (χ0n) is 9.25. The number of carboxylic acids is 1. The molecule has 0 spiro atoms. The van der Waals surface area contributed by atoms with E-state index >= 15 is 0 Å². The van der Waals surface area contributed by atoms with Crippen LogP contribution in [0.4, 0.5) is 0 Å². The third-order valence-electron chi connectivity index (χ3n) is 2.35. The van der Waals surface area contributed by atoms with E-state index in [1.54, 1.807) is 13.8 Å². The Morgan fingerprint density at radius 3 is 2.38 bits per heavy atom. The van der Waals surface area contributed by atoms with Crippen LogP contribution in [-0.2, 0) is 11.3 Å². The lowest BCUT2D eigenvalue weighted by Gasteiger charge is -2.08. The minimum absolute atomic E-state index is 0.328. The van der Waals surface area contributed by atoms with Gasteiger partial charge in [-0.2, -0.15) is 0 Å². The summed E-state index contributed by atoms with van der Waals surface area (Å²) >= 11 is 5.76. The van der Waals surface area contributed by atoms with Crippen molar-refractivity contribution in [2.75, 3.05) is 0 Å². The summed E-state index contributed by atoms with van der Waals surface area (Å²) < 4.78 is 0. The van der Waals surface area contributed by atoms with Gasteiger partial charge in [0.05, 0.1) is 5.57 Å². The van der Waals surface area contributed by atoms with Crippen molar-refractivity contribution in [1.29, 1.82) is 0 Å². The van der Waals surface area contributed by atoms with Gasteiger partial charge in [-0.15, -0.1) is 0 Å². The number of nitrogens with one attached hydrogen (secondary N) is 1. The summed E-state index contributed by atoms with van der Waals surface area (Å²) in [5.41, 5.74) is 2.05. The van der Waals surface area contributed by atoms with Crippen molar-refractivity contribution in [3.8, 4) is 0 Å². The molecular formula is C12H14ClNO2. The van der Waals surface area contributed by atoms with Gasteiger partial charge in [-0.25, -0.2) is 4.79 Å². The molecule has 4 heteroatoms. The summed E-state index contributed by atoms with van der Waals surface area (Å²) in [5, 5.41) is 12.5. The second kappa shape index (κ2) is 5.56. The number of hydrogen-bond acceptors (Lipinski definition) is 2. The molecular weight excluding hydrogens is 226 g/mol. The van der Waals surface area contributed by atoms with Crippen LogP contribution in [-0.4, -0.2) is 11.1 Å². The molecule has 1 rings (SSSR count). The zero-order valence-corrected chi connectivity index (χ0v) is 10.0. The molecule has 3 nitrogen and oxygen atoms in total. The lowest BCUT2D eigenvalue weighted by molar-refractivity contribution is -0.132. The molecule has 86 valence electrons. The van der Waals surface area contributed by atoms with Crippen molar-refractivity contribution in [1.82, 2.24) is 5.32 Å². The molecule has 0 saturated heterocycles. The normalized spacial score (nSPS) is 11.9. The summed E-state index contributed by atoms with van der Waals surface area (Å²) in [6.45, 7) is 3.92. The molecule has 2 N–H and O–H groups in total. The van der Waals surface area contributed by atoms with Crippen LogP contribution < -0.4 is 5.32 Å². The second-order valence-corrected chi connectivity index (χ2v) is 3.97. The van der Waals surface area contributed by atoms with E-state index in [1.807, 2.05) is 24.3 Å². The third-order valence-corrected chi connectivity index (χ3v) is 2.61. The lowest BCUT2D eigenvalue weighted by atomic mass is 10.2. The number of allylic oxidation sites excluding steroid dienone is 1. The van der Waals surface area contributed by atoms with Crippen molar-refractivity contribution >= 4 is 17.6 Å². The summed E-state index contributed by atoms with van der Waals surface area (Å²) in [6.07, 6.45) is 0. The molecule has 0 saturated carbocycles. The quantitative estimate of drug-likeness (QED) is 0.795. The maximum absolute atomic E-state index is 10.7. The van der Waals surface area contributed by atoms with Crippen molar-refractivity contribution in [2.24, 2.45) is 0 Å². The highest BCUT2D eigenvalue weighted by Crippen LogP contribution is 2.10. The minimum Gasteiger partial charge on any atom is -0.478 e. The average molecular weight is 240 g/mol. The molecule has 0 unspecified atom stereocenters. The van der Waals surface area contributed by atoms with Crippen LogP contribution in [0.3, 0.4) is 0 Å². The van der Waals surface area contributed by atoms with Crippen LogP contribution in [0.5, 0.6) is 0 Å². The SMILES string of the molecule is C/C(NCc1ccc(Cl)cc1)=C(/C)C(=O)O. The standard InChI is InChI=1S/C12H14ClNO2/c1-8(12(15)16)9(2)14-7-10-3-5-11(13)6-4-10/h3-6,14H,7H2,1-2H3,(H,15,16)/b9-8+. The zero-order chi connectivity index (χ0) is 12.1. The fourth-order valence-corrected chi connectivity index (χ4v) is 1.26. The van der Waals surface area contributed by atoms with E-state index in [0.29, 0.717) is 22.8 Å². The highest BCUT2D eigenvalue weighted by atomic mass is 35.5. The second-order valence-electron chi connectivity index (χ2n) is 3.54. The van der Waals surface area contributed by atoms with Crippen LogP contribution >= 0.6 is 11.6 Å². The topological polar surface area (TPSA) is 49.3 Å². The van der Waals surface area contributed by atoms with Crippen LogP contribution in [0.25, 0.3) is 0 Å². The van der Waals surface area contributed by atoms with E-state index in [9.17, 15) is 4.79 Å². The van der Waals surface area contributed by atoms with Crippen LogP contribution in [0, 0.1) is 0 Å². The summed E-state index contributed by atoms with van der Waals surface area (Å²) in [6, 6.07) is 7.42. The van der Waals surface area contributed by atoms with Gasteiger partial charge in [-0.1, -0.05) is 23.7 Å². The smallest absolute Gasteiger partial charge is 0.333 e. The Morgan fingerprint density at radius 2 is 1.88 bits per heavy atom. The predicted molar refractivity (Wildman–Crippen MR) is 64.3 cm³/mol. The Kier molecular flexibility index (Phi) is 4.38. The molecule has 0 heterocycles. The van der Waals surface area contributed by atoms with Gasteiger partial charge in [0.2, 0.25) is 0 Å². The molecule has 0 aliphatic carbocycles. The Hall–Kier alpha value is -1.48. The van der Waals surface area contributed by atoms with Gasteiger partial charge < -0.3 is 10.4 Å².